The summed E-state index contributed by atoms with van der Waals surface area (Å²) in [7, 11) is 1.58. The van der Waals surface area contributed by atoms with Crippen molar-refractivity contribution in [3.8, 4) is 5.75 Å². The van der Waals surface area contributed by atoms with Gasteiger partial charge in [0.2, 0.25) is 0 Å². The van der Waals surface area contributed by atoms with Crippen LogP contribution in [0.2, 0.25) is 0 Å². The van der Waals surface area contributed by atoms with Gasteiger partial charge >= 0.3 is 0 Å². The van der Waals surface area contributed by atoms with Gasteiger partial charge in [-0.15, -0.1) is 10.2 Å². The number of aromatic amines is 1. The lowest BCUT2D eigenvalue weighted by Crippen LogP contribution is -2.27. The molecule has 2 aromatic rings. The molecule has 0 radical (unpaired) electrons. The van der Waals surface area contributed by atoms with E-state index >= 15 is 0 Å². The molecule has 0 spiro atoms. The van der Waals surface area contributed by atoms with Crippen LogP contribution in [0.25, 0.3) is 0 Å². The number of hydrogen-bond acceptors (Lipinski definition) is 5. The summed E-state index contributed by atoms with van der Waals surface area (Å²) in [5, 5.41) is 16.2. The van der Waals surface area contributed by atoms with Crippen LogP contribution in [0.1, 0.15) is 29.1 Å². The average Bonchev–Trinajstić information content (AvgIpc) is 2.92. The Morgan fingerprint density at radius 3 is 2.67 bits per heavy atom. The summed E-state index contributed by atoms with van der Waals surface area (Å²) >= 11 is 0. The molecule has 18 heavy (non-hydrogen) atoms. The van der Waals surface area contributed by atoms with Gasteiger partial charge < -0.3 is 10.1 Å². The minimum Gasteiger partial charge on any atom is -0.497 e. The second-order valence-corrected chi connectivity index (χ2v) is 3.69. The van der Waals surface area contributed by atoms with E-state index in [1.807, 2.05) is 0 Å². The van der Waals surface area contributed by atoms with Crippen molar-refractivity contribution in [1.82, 2.24) is 25.9 Å². The third-order valence-corrected chi connectivity index (χ3v) is 2.45. The quantitative estimate of drug-likeness (QED) is 0.829. The van der Waals surface area contributed by atoms with Crippen molar-refractivity contribution in [1.29, 1.82) is 0 Å². The molecule has 1 aromatic carbocycles. The van der Waals surface area contributed by atoms with E-state index in [1.54, 1.807) is 38.3 Å². The zero-order chi connectivity index (χ0) is 13.0. The molecule has 2 rings (SSSR count). The van der Waals surface area contributed by atoms with Gasteiger partial charge in [0.15, 0.2) is 5.82 Å². The fraction of sp³-hybridized carbons (Fsp3) is 0.273. The van der Waals surface area contributed by atoms with E-state index in [4.69, 9.17) is 4.74 Å². The highest BCUT2D eigenvalue weighted by atomic mass is 16.5. The van der Waals surface area contributed by atoms with Crippen LogP contribution in [0.3, 0.4) is 0 Å². The van der Waals surface area contributed by atoms with Crippen LogP contribution in [0.4, 0.5) is 0 Å². The Labute approximate surface area is 104 Å². The molecule has 0 aliphatic carbocycles. The normalized spacial score (nSPS) is 11.9. The van der Waals surface area contributed by atoms with E-state index in [0.29, 0.717) is 17.1 Å². The largest absolute Gasteiger partial charge is 0.497 e. The molecule has 1 aromatic heterocycles. The lowest BCUT2D eigenvalue weighted by molar-refractivity contribution is 0.0938. The number of H-pyrrole nitrogens is 1. The molecule has 0 aliphatic rings. The summed E-state index contributed by atoms with van der Waals surface area (Å²) < 4.78 is 5.02. The lowest BCUT2D eigenvalue weighted by Gasteiger charge is -2.10. The number of aromatic nitrogens is 4. The molecule has 7 heteroatoms. The number of hydrogen-bond donors (Lipinski definition) is 2. The minimum atomic E-state index is -0.307. The first-order valence-corrected chi connectivity index (χ1v) is 5.39. The first-order chi connectivity index (χ1) is 8.70. The molecule has 1 heterocycles. The standard InChI is InChI=1S/C11H13N5O2/c1-7(10-13-15-16-14-10)12-11(17)8-3-5-9(18-2)6-4-8/h3-7H,1-2H3,(H,12,17)(H,13,14,15,16). The Bertz CT molecular complexity index is 509. The van der Waals surface area contributed by atoms with Crippen molar-refractivity contribution < 1.29 is 9.53 Å². The number of benzene rings is 1. The lowest BCUT2D eigenvalue weighted by atomic mass is 10.2. The summed E-state index contributed by atoms with van der Waals surface area (Å²) in [6, 6.07) is 6.54. The highest BCUT2D eigenvalue weighted by Crippen LogP contribution is 2.12. The topological polar surface area (TPSA) is 92.8 Å². The molecule has 2 N–H and O–H groups in total. The Kier molecular flexibility index (Phi) is 3.52. The van der Waals surface area contributed by atoms with Crippen LogP contribution in [-0.4, -0.2) is 33.6 Å². The van der Waals surface area contributed by atoms with Crippen LogP contribution < -0.4 is 10.1 Å². The van der Waals surface area contributed by atoms with Crippen molar-refractivity contribution in [3.05, 3.63) is 35.7 Å². The van der Waals surface area contributed by atoms with E-state index in [0.717, 1.165) is 0 Å². The first kappa shape index (κ1) is 12.0. The molecule has 1 atom stereocenters. The molecule has 1 amide bonds. The van der Waals surface area contributed by atoms with Gasteiger partial charge in [-0.25, -0.2) is 0 Å². The van der Waals surface area contributed by atoms with Crippen LogP contribution >= 0.6 is 0 Å². The molecule has 0 aliphatic heterocycles. The molecular formula is C11H13N5O2. The fourth-order valence-electron chi connectivity index (χ4n) is 1.44. The van der Waals surface area contributed by atoms with Gasteiger partial charge in [-0.05, 0) is 31.2 Å². The zero-order valence-electron chi connectivity index (χ0n) is 10.0. The number of ether oxygens (including phenoxy) is 1. The SMILES string of the molecule is COc1ccc(C(=O)NC(C)c2nn[nH]n2)cc1. The number of carbonyl (C=O) groups excluding carboxylic acids is 1. The molecule has 0 bridgehead atoms. The van der Waals surface area contributed by atoms with Gasteiger partial charge in [0, 0.05) is 5.56 Å². The highest BCUT2D eigenvalue weighted by molar-refractivity contribution is 5.94. The maximum Gasteiger partial charge on any atom is 0.251 e. The van der Waals surface area contributed by atoms with Crippen molar-refractivity contribution in [2.24, 2.45) is 0 Å². The highest BCUT2D eigenvalue weighted by Gasteiger charge is 2.14. The molecule has 94 valence electrons. The predicted molar refractivity (Wildman–Crippen MR) is 63.1 cm³/mol. The van der Waals surface area contributed by atoms with Crippen LogP contribution in [0.15, 0.2) is 24.3 Å². The summed E-state index contributed by atoms with van der Waals surface area (Å²) in [4.78, 5) is 11.9. The number of methoxy groups -OCH3 is 1. The van der Waals surface area contributed by atoms with E-state index in [2.05, 4.69) is 25.9 Å². The Hall–Kier alpha value is -2.44. The number of rotatable bonds is 4. The first-order valence-electron chi connectivity index (χ1n) is 5.39. The molecule has 0 saturated carbocycles. The Balaban J connectivity index is 2.03. The maximum atomic E-state index is 11.9. The van der Waals surface area contributed by atoms with Gasteiger partial charge in [0.1, 0.15) is 5.75 Å². The number of tetrazole rings is 1. The molecule has 7 nitrogen and oxygen atoms in total. The van der Waals surface area contributed by atoms with Gasteiger partial charge in [0.25, 0.3) is 5.91 Å². The average molecular weight is 247 g/mol. The van der Waals surface area contributed by atoms with Crippen LogP contribution in [0.5, 0.6) is 5.75 Å². The summed E-state index contributed by atoms with van der Waals surface area (Å²) in [6.07, 6.45) is 0. The van der Waals surface area contributed by atoms with Crippen molar-refractivity contribution >= 4 is 5.91 Å². The monoisotopic (exact) mass is 247 g/mol. The zero-order valence-corrected chi connectivity index (χ0v) is 10.0. The van der Waals surface area contributed by atoms with Crippen molar-refractivity contribution in [3.63, 3.8) is 0 Å². The van der Waals surface area contributed by atoms with E-state index in [9.17, 15) is 4.79 Å². The summed E-state index contributed by atoms with van der Waals surface area (Å²) in [5.74, 6) is 0.949. The Morgan fingerprint density at radius 1 is 1.39 bits per heavy atom. The smallest absolute Gasteiger partial charge is 0.251 e. The van der Waals surface area contributed by atoms with E-state index < -0.39 is 0 Å². The van der Waals surface area contributed by atoms with E-state index in [1.165, 1.54) is 0 Å². The van der Waals surface area contributed by atoms with Gasteiger partial charge in [-0.3, -0.25) is 4.79 Å². The van der Waals surface area contributed by atoms with E-state index in [-0.39, 0.29) is 11.9 Å². The summed E-state index contributed by atoms with van der Waals surface area (Å²) in [6.45, 7) is 1.78. The van der Waals surface area contributed by atoms with Gasteiger partial charge in [0.05, 0.1) is 13.2 Å². The second-order valence-electron chi connectivity index (χ2n) is 3.69. The van der Waals surface area contributed by atoms with Crippen LogP contribution in [-0.2, 0) is 0 Å². The van der Waals surface area contributed by atoms with Gasteiger partial charge in [-0.2, -0.15) is 5.21 Å². The molecule has 1 unspecified atom stereocenters. The van der Waals surface area contributed by atoms with Gasteiger partial charge in [-0.1, -0.05) is 5.21 Å². The maximum absolute atomic E-state index is 11.9. The number of carbonyl (C=O) groups is 1. The van der Waals surface area contributed by atoms with Crippen molar-refractivity contribution in [2.45, 2.75) is 13.0 Å². The number of nitrogens with one attached hydrogen (secondary N) is 2. The fourth-order valence-corrected chi connectivity index (χ4v) is 1.44. The minimum absolute atomic E-state index is 0.199. The van der Waals surface area contributed by atoms with Crippen LogP contribution in [0, 0.1) is 0 Å². The third-order valence-electron chi connectivity index (χ3n) is 2.45. The summed E-state index contributed by atoms with van der Waals surface area (Å²) in [5.41, 5.74) is 0.547. The second kappa shape index (κ2) is 5.26. The predicted octanol–water partition coefficient (Wildman–Crippen LogP) is 0.699. The molecule has 0 fully saturated rings. The number of nitrogens with zero attached hydrogens (tertiary/aromatic N) is 3. The Morgan fingerprint density at radius 2 is 2.11 bits per heavy atom. The number of amides is 1. The molecular weight excluding hydrogens is 234 g/mol. The van der Waals surface area contributed by atoms with Crippen molar-refractivity contribution in [2.75, 3.05) is 7.11 Å². The molecule has 0 saturated heterocycles. The third kappa shape index (κ3) is 2.62.